The molecule has 0 aliphatic rings. The Hall–Kier alpha value is -2.00. The van der Waals surface area contributed by atoms with Gasteiger partial charge in [-0.2, -0.15) is 13.5 Å². The largest absolute Gasteiger partial charge is 0.316 e. The summed E-state index contributed by atoms with van der Waals surface area (Å²) in [7, 11) is -2.24. The summed E-state index contributed by atoms with van der Waals surface area (Å²) in [6, 6.07) is 1.24. The van der Waals surface area contributed by atoms with E-state index in [2.05, 4.69) is 25.2 Å². The van der Waals surface area contributed by atoms with Gasteiger partial charge in [0, 0.05) is 18.3 Å². The fourth-order valence-electron chi connectivity index (χ4n) is 1.50. The Kier molecular flexibility index (Phi) is 3.76. The number of hydrogen-bond donors (Lipinski definition) is 3. The molecule has 0 saturated heterocycles. The summed E-state index contributed by atoms with van der Waals surface area (Å²) in [4.78, 5) is 3.54. The van der Waals surface area contributed by atoms with Crippen molar-refractivity contribution in [3.05, 3.63) is 36.0 Å². The minimum atomic E-state index is -3.92. The highest BCUT2D eigenvalue weighted by Crippen LogP contribution is 2.18. The maximum absolute atomic E-state index is 13.4. The van der Waals surface area contributed by atoms with Crippen LogP contribution in [0.15, 0.2) is 29.7 Å². The van der Waals surface area contributed by atoms with E-state index in [1.165, 1.54) is 18.5 Å². The second-order valence-electron chi connectivity index (χ2n) is 3.72. The number of halogens is 1. The predicted molar refractivity (Wildman–Crippen MR) is 66.4 cm³/mol. The Labute approximate surface area is 109 Å². The van der Waals surface area contributed by atoms with E-state index >= 15 is 0 Å². The van der Waals surface area contributed by atoms with Crippen molar-refractivity contribution in [2.75, 3.05) is 11.8 Å². The van der Waals surface area contributed by atoms with Crippen LogP contribution in [0.2, 0.25) is 0 Å². The Bertz CT molecular complexity index is 670. The molecule has 0 unspecified atom stereocenters. The average Bonchev–Trinajstić information content (AvgIpc) is 2.81. The van der Waals surface area contributed by atoms with Crippen molar-refractivity contribution in [1.82, 2.24) is 20.5 Å². The zero-order valence-corrected chi connectivity index (χ0v) is 10.8. The third-order valence-corrected chi connectivity index (χ3v) is 3.71. The van der Waals surface area contributed by atoms with Gasteiger partial charge in [-0.15, -0.1) is 0 Å². The number of pyridine rings is 1. The zero-order valence-electron chi connectivity index (χ0n) is 10.0. The second-order valence-corrected chi connectivity index (χ2v) is 5.33. The van der Waals surface area contributed by atoms with Gasteiger partial charge >= 0.3 is 0 Å². The lowest BCUT2D eigenvalue weighted by Crippen LogP contribution is -2.17. The number of rotatable bonds is 5. The average molecular weight is 285 g/mol. The molecule has 2 rings (SSSR count). The van der Waals surface area contributed by atoms with Crippen molar-refractivity contribution in [1.29, 1.82) is 0 Å². The molecule has 0 fully saturated rings. The van der Waals surface area contributed by atoms with Gasteiger partial charge in [0.15, 0.2) is 10.8 Å². The molecule has 0 saturated carbocycles. The fourth-order valence-corrected chi connectivity index (χ4v) is 2.70. The van der Waals surface area contributed by atoms with Gasteiger partial charge < -0.3 is 5.32 Å². The van der Waals surface area contributed by atoms with Crippen molar-refractivity contribution < 1.29 is 12.8 Å². The lowest BCUT2D eigenvalue weighted by atomic mass is 10.4. The highest BCUT2D eigenvalue weighted by atomic mass is 32.2. The summed E-state index contributed by atoms with van der Waals surface area (Å²) in [5.74, 6) is -0.749. The van der Waals surface area contributed by atoms with Crippen molar-refractivity contribution in [3.63, 3.8) is 0 Å². The molecule has 0 aromatic carbocycles. The highest BCUT2D eigenvalue weighted by molar-refractivity contribution is 7.92. The number of sulfonamides is 1. The summed E-state index contributed by atoms with van der Waals surface area (Å²) in [6.45, 7) is 0.325. The van der Waals surface area contributed by atoms with Gasteiger partial charge in [0.2, 0.25) is 0 Å². The van der Waals surface area contributed by atoms with Crippen molar-refractivity contribution in [2.24, 2.45) is 0 Å². The molecule has 0 bridgehead atoms. The third kappa shape index (κ3) is 2.88. The van der Waals surface area contributed by atoms with E-state index in [0.29, 0.717) is 12.1 Å². The molecular weight excluding hydrogens is 273 g/mol. The van der Waals surface area contributed by atoms with E-state index in [9.17, 15) is 12.8 Å². The Morgan fingerprint density at radius 2 is 2.21 bits per heavy atom. The summed E-state index contributed by atoms with van der Waals surface area (Å²) >= 11 is 0. The SMILES string of the molecule is CNCc1cn[nH]c1S(=O)(=O)Nc1ccncc1F. The van der Waals surface area contributed by atoms with Gasteiger partial charge in [0.05, 0.1) is 18.1 Å². The molecule has 0 amide bonds. The van der Waals surface area contributed by atoms with Gasteiger partial charge in [0.25, 0.3) is 10.0 Å². The van der Waals surface area contributed by atoms with Crippen LogP contribution in [0.5, 0.6) is 0 Å². The van der Waals surface area contributed by atoms with E-state index in [-0.39, 0.29) is 10.7 Å². The summed E-state index contributed by atoms with van der Waals surface area (Å²) in [5, 5.41) is 8.80. The number of anilines is 1. The first-order valence-electron chi connectivity index (χ1n) is 5.34. The van der Waals surface area contributed by atoms with Crippen molar-refractivity contribution in [2.45, 2.75) is 11.6 Å². The standard InChI is InChI=1S/C10H12FN5O2S/c1-12-4-7-5-14-15-10(7)19(17,18)16-9-2-3-13-6-8(9)11/h2-3,5-6,12H,4H2,1H3,(H,13,16)(H,14,15). The van der Waals surface area contributed by atoms with Gasteiger partial charge in [-0.05, 0) is 13.1 Å². The Morgan fingerprint density at radius 1 is 1.42 bits per heavy atom. The van der Waals surface area contributed by atoms with Gasteiger partial charge in [-0.3, -0.25) is 14.8 Å². The van der Waals surface area contributed by atoms with Crippen LogP contribution in [0.1, 0.15) is 5.56 Å². The zero-order chi connectivity index (χ0) is 13.9. The smallest absolute Gasteiger partial charge is 0.279 e. The lowest BCUT2D eigenvalue weighted by molar-refractivity contribution is 0.592. The highest BCUT2D eigenvalue weighted by Gasteiger charge is 2.21. The molecule has 2 heterocycles. The van der Waals surface area contributed by atoms with Crippen LogP contribution >= 0.6 is 0 Å². The molecular formula is C10H12FN5O2S. The molecule has 0 aliphatic heterocycles. The topological polar surface area (TPSA) is 99.8 Å². The third-order valence-electron chi connectivity index (χ3n) is 2.33. The molecule has 102 valence electrons. The number of hydrogen-bond acceptors (Lipinski definition) is 5. The van der Waals surface area contributed by atoms with Gasteiger partial charge in [0.1, 0.15) is 0 Å². The molecule has 0 atom stereocenters. The molecule has 0 radical (unpaired) electrons. The molecule has 7 nitrogen and oxygen atoms in total. The number of aromatic nitrogens is 3. The minimum absolute atomic E-state index is 0.0990. The van der Waals surface area contributed by atoms with Crippen LogP contribution in [0, 0.1) is 5.82 Å². The number of nitrogens with zero attached hydrogens (tertiary/aromatic N) is 2. The summed E-state index contributed by atoms with van der Waals surface area (Å²) in [5.41, 5.74) is 0.296. The lowest BCUT2D eigenvalue weighted by Gasteiger charge is -2.08. The molecule has 2 aromatic rings. The summed E-state index contributed by atoms with van der Waals surface area (Å²) < 4.78 is 39.8. The first-order chi connectivity index (χ1) is 9.04. The number of aromatic amines is 1. The van der Waals surface area contributed by atoms with Crippen LogP contribution in [0.3, 0.4) is 0 Å². The first kappa shape index (κ1) is 13.4. The molecule has 2 aromatic heterocycles. The molecule has 19 heavy (non-hydrogen) atoms. The predicted octanol–water partition coefficient (Wildman–Crippen LogP) is 0.464. The van der Waals surface area contributed by atoms with Crippen molar-refractivity contribution >= 4 is 15.7 Å². The Morgan fingerprint density at radius 3 is 2.89 bits per heavy atom. The van der Waals surface area contributed by atoms with E-state index in [1.807, 2.05) is 0 Å². The van der Waals surface area contributed by atoms with Crippen LogP contribution < -0.4 is 10.0 Å². The van der Waals surface area contributed by atoms with E-state index in [1.54, 1.807) is 7.05 Å². The van der Waals surface area contributed by atoms with Crippen LogP contribution in [0.4, 0.5) is 10.1 Å². The molecule has 9 heteroatoms. The van der Waals surface area contributed by atoms with E-state index < -0.39 is 15.8 Å². The maximum atomic E-state index is 13.4. The quantitative estimate of drug-likeness (QED) is 0.741. The second kappa shape index (κ2) is 5.33. The summed E-state index contributed by atoms with van der Waals surface area (Å²) in [6.07, 6.45) is 3.62. The van der Waals surface area contributed by atoms with Crippen LogP contribution in [-0.2, 0) is 16.6 Å². The normalized spacial score (nSPS) is 11.5. The van der Waals surface area contributed by atoms with Crippen molar-refractivity contribution in [3.8, 4) is 0 Å². The van der Waals surface area contributed by atoms with E-state index in [0.717, 1.165) is 6.20 Å². The van der Waals surface area contributed by atoms with Gasteiger partial charge in [-0.25, -0.2) is 4.39 Å². The monoisotopic (exact) mass is 285 g/mol. The van der Waals surface area contributed by atoms with E-state index in [4.69, 9.17) is 0 Å². The number of H-pyrrole nitrogens is 1. The molecule has 0 aliphatic carbocycles. The number of nitrogens with one attached hydrogen (secondary N) is 3. The minimum Gasteiger partial charge on any atom is -0.316 e. The fraction of sp³-hybridized carbons (Fsp3) is 0.200. The Balaban J connectivity index is 2.33. The van der Waals surface area contributed by atoms with Crippen LogP contribution in [-0.4, -0.2) is 30.6 Å². The molecule has 0 spiro atoms. The van der Waals surface area contributed by atoms with Gasteiger partial charge in [-0.1, -0.05) is 0 Å². The first-order valence-corrected chi connectivity index (χ1v) is 6.82. The molecule has 3 N–H and O–H groups in total. The van der Waals surface area contributed by atoms with Crippen LogP contribution in [0.25, 0.3) is 0 Å². The maximum Gasteiger partial charge on any atom is 0.279 e.